The number of cyclic esters (lactones) is 1. The van der Waals surface area contributed by atoms with E-state index < -0.39 is 64.4 Å². The second kappa shape index (κ2) is 9.11. The third-order valence-corrected chi connectivity index (χ3v) is 12.8. The van der Waals surface area contributed by atoms with Crippen molar-refractivity contribution in [3.8, 4) is 0 Å². The quantitative estimate of drug-likeness (QED) is 0.305. The highest BCUT2D eigenvalue weighted by atomic mass is 16.6. The van der Waals surface area contributed by atoms with Crippen LogP contribution in [0.4, 0.5) is 0 Å². The highest BCUT2D eigenvalue weighted by Crippen LogP contribution is 2.74. The van der Waals surface area contributed by atoms with Gasteiger partial charge in [0, 0.05) is 49.1 Å². The fourth-order valence-electron chi connectivity index (χ4n) is 10.2. The molecule has 232 valence electrons. The lowest BCUT2D eigenvalue weighted by molar-refractivity contribution is -0.229. The molecule has 2 aliphatic heterocycles. The molecule has 1 saturated heterocycles. The van der Waals surface area contributed by atoms with Crippen LogP contribution in [0.2, 0.25) is 0 Å². The van der Waals surface area contributed by atoms with E-state index in [1.807, 2.05) is 33.8 Å². The molecule has 4 fully saturated rings. The van der Waals surface area contributed by atoms with Crippen molar-refractivity contribution in [1.29, 1.82) is 0 Å². The molecule has 43 heavy (non-hydrogen) atoms. The van der Waals surface area contributed by atoms with Gasteiger partial charge in [-0.1, -0.05) is 25.0 Å². The first kappa shape index (κ1) is 28.9. The SMILES string of the molecule is CC(=O)O[C@H]1C=C([C@H](C)[C@H]2CC(C)=C(C)C(=O)O2)[C@@]2(C)CC[C@H]3[C@@H](C[C@H]4O[C@]45[C@@H](O)C(n4ccnc4)CC(=O)[C@]35C)[C@]12O. The normalized spacial score (nSPS) is 47.4. The molecule has 10 heteroatoms. The number of carbonyl (C=O) groups excluding carboxylic acids is 3. The maximum atomic E-state index is 14.2. The van der Waals surface area contributed by atoms with Crippen LogP contribution in [-0.2, 0) is 28.6 Å². The van der Waals surface area contributed by atoms with Crippen molar-refractivity contribution < 1.29 is 38.8 Å². The Morgan fingerprint density at radius 2 is 1.95 bits per heavy atom. The number of nitrogens with zero attached hydrogens (tertiary/aromatic N) is 2. The summed E-state index contributed by atoms with van der Waals surface area (Å²) in [5, 5.41) is 24.8. The predicted octanol–water partition coefficient (Wildman–Crippen LogP) is 3.23. The predicted molar refractivity (Wildman–Crippen MR) is 152 cm³/mol. The topological polar surface area (TPSA) is 140 Å². The van der Waals surface area contributed by atoms with E-state index in [0.29, 0.717) is 31.3 Å². The Labute approximate surface area is 251 Å². The first-order valence-electron chi connectivity index (χ1n) is 15.6. The number of ketones is 1. The Morgan fingerprint density at radius 1 is 1.21 bits per heavy atom. The smallest absolute Gasteiger partial charge is 0.333 e. The van der Waals surface area contributed by atoms with Crippen molar-refractivity contribution >= 4 is 17.7 Å². The zero-order valence-corrected chi connectivity index (χ0v) is 25.7. The molecule has 10 nitrogen and oxygen atoms in total. The number of carbonyl (C=O) groups is 3. The van der Waals surface area contributed by atoms with E-state index in [-0.39, 0.29) is 30.0 Å². The van der Waals surface area contributed by atoms with Crippen molar-refractivity contribution in [3.63, 3.8) is 0 Å². The van der Waals surface area contributed by atoms with Crippen molar-refractivity contribution in [2.45, 2.75) is 115 Å². The molecule has 0 radical (unpaired) electrons. The molecule has 1 unspecified atom stereocenters. The van der Waals surface area contributed by atoms with Crippen molar-refractivity contribution in [1.82, 2.24) is 9.55 Å². The number of epoxide rings is 1. The van der Waals surface area contributed by atoms with Crippen LogP contribution >= 0.6 is 0 Å². The number of hydrogen-bond donors (Lipinski definition) is 2. The largest absolute Gasteiger partial charge is 0.458 e. The number of Topliss-reactive ketones (excluding diaryl/α,β-unsaturated/α-hetero) is 1. The van der Waals surface area contributed by atoms with Crippen molar-refractivity contribution in [2.75, 3.05) is 0 Å². The molecule has 12 atom stereocenters. The standard InChI is InChI=1S/C33H42N2O8/c1-16-11-24(42-29(39)17(16)2)18(3)21-12-26(41-19(4)36)32(40)22-13-27-33(43-27)28(38)23(35-10-9-34-15-35)14-25(37)31(33,6)20(22)7-8-30(21,32)5/h9-10,12,15,18,20,22-24,26-28,38,40H,7-8,11,13-14H2,1-6H3/t18-,20-,22+,23?,24+,26-,27+,28-,30+,31-,32-,33-/m0/s1. The van der Waals surface area contributed by atoms with Crippen LogP contribution in [0.3, 0.4) is 0 Å². The van der Waals surface area contributed by atoms with Gasteiger partial charge in [-0.05, 0) is 57.9 Å². The van der Waals surface area contributed by atoms with Crippen molar-refractivity contribution in [3.05, 3.63) is 41.5 Å². The lowest BCUT2D eigenvalue weighted by Crippen LogP contribution is -2.71. The molecule has 3 heterocycles. The molecular weight excluding hydrogens is 552 g/mol. The molecule has 1 aromatic rings. The van der Waals surface area contributed by atoms with Gasteiger partial charge in [0.25, 0.3) is 0 Å². The molecule has 2 N–H and O–H groups in total. The summed E-state index contributed by atoms with van der Waals surface area (Å²) < 4.78 is 20.0. The molecule has 0 amide bonds. The van der Waals surface area contributed by atoms with Gasteiger partial charge in [0.15, 0.2) is 0 Å². The van der Waals surface area contributed by atoms with Crippen molar-refractivity contribution in [2.24, 2.45) is 28.6 Å². The van der Waals surface area contributed by atoms with Crippen LogP contribution in [0.1, 0.15) is 79.7 Å². The molecule has 4 aliphatic carbocycles. The fourth-order valence-corrected chi connectivity index (χ4v) is 10.2. The highest BCUT2D eigenvalue weighted by molar-refractivity contribution is 5.90. The molecule has 3 saturated carbocycles. The van der Waals surface area contributed by atoms with E-state index in [1.54, 1.807) is 30.2 Å². The van der Waals surface area contributed by atoms with E-state index in [1.165, 1.54) is 6.92 Å². The summed E-state index contributed by atoms with van der Waals surface area (Å²) in [7, 11) is 0. The molecule has 1 spiro atoms. The lowest BCUT2D eigenvalue weighted by atomic mass is 9.42. The van der Waals surface area contributed by atoms with Crippen LogP contribution < -0.4 is 0 Å². The number of esters is 2. The maximum Gasteiger partial charge on any atom is 0.333 e. The average Bonchev–Trinajstić information content (AvgIpc) is 3.34. The molecule has 0 aromatic carbocycles. The summed E-state index contributed by atoms with van der Waals surface area (Å²) in [5.41, 5.74) is -1.86. The van der Waals surface area contributed by atoms with Gasteiger partial charge in [0.2, 0.25) is 0 Å². The lowest BCUT2D eigenvalue weighted by Gasteiger charge is -2.62. The summed E-state index contributed by atoms with van der Waals surface area (Å²) in [5.74, 6) is -1.78. The van der Waals surface area contributed by atoms with Crippen LogP contribution in [0.5, 0.6) is 0 Å². The van der Waals surface area contributed by atoms with E-state index in [4.69, 9.17) is 14.2 Å². The van der Waals surface area contributed by atoms with Crippen LogP contribution in [-0.4, -0.2) is 73.1 Å². The number of aromatic nitrogens is 2. The van der Waals surface area contributed by atoms with Gasteiger partial charge in [-0.15, -0.1) is 0 Å². The van der Waals surface area contributed by atoms with Gasteiger partial charge in [-0.2, -0.15) is 0 Å². The Morgan fingerprint density at radius 3 is 2.60 bits per heavy atom. The third kappa shape index (κ3) is 3.46. The van der Waals surface area contributed by atoms with Crippen LogP contribution in [0.25, 0.3) is 0 Å². The van der Waals surface area contributed by atoms with E-state index in [2.05, 4.69) is 4.98 Å². The van der Waals surface area contributed by atoms with Gasteiger partial charge in [-0.3, -0.25) is 9.59 Å². The summed E-state index contributed by atoms with van der Waals surface area (Å²) >= 11 is 0. The zero-order chi connectivity index (χ0) is 30.9. The molecular formula is C33H42N2O8. The van der Waals surface area contributed by atoms with Crippen LogP contribution in [0.15, 0.2) is 41.5 Å². The number of aliphatic hydroxyl groups is 2. The van der Waals surface area contributed by atoms with E-state index in [0.717, 1.165) is 11.1 Å². The number of imidazole rings is 1. The number of rotatable bonds is 4. The van der Waals surface area contributed by atoms with Gasteiger partial charge >= 0.3 is 11.9 Å². The Bertz CT molecular complexity index is 1470. The van der Waals surface area contributed by atoms with Gasteiger partial charge in [0.1, 0.15) is 35.3 Å². The number of ether oxygens (including phenoxy) is 3. The summed E-state index contributed by atoms with van der Waals surface area (Å²) in [6, 6.07) is -0.477. The van der Waals surface area contributed by atoms with Gasteiger partial charge in [-0.25, -0.2) is 9.78 Å². The first-order valence-corrected chi connectivity index (χ1v) is 15.6. The molecule has 0 bridgehead atoms. The monoisotopic (exact) mass is 594 g/mol. The zero-order valence-electron chi connectivity index (χ0n) is 25.7. The minimum absolute atomic E-state index is 0.0104. The average molecular weight is 595 g/mol. The number of fused-ring (bicyclic) bond motifs is 4. The van der Waals surface area contributed by atoms with E-state index in [9.17, 15) is 24.6 Å². The van der Waals surface area contributed by atoms with E-state index >= 15 is 0 Å². The Kier molecular flexibility index (Phi) is 6.13. The molecule has 6 aliphatic rings. The van der Waals surface area contributed by atoms with Crippen LogP contribution in [0, 0.1) is 28.6 Å². The molecule has 7 rings (SSSR count). The Hall–Kier alpha value is -2.82. The third-order valence-electron chi connectivity index (χ3n) is 12.8. The summed E-state index contributed by atoms with van der Waals surface area (Å²) in [6.07, 6.45) is 6.55. The highest BCUT2D eigenvalue weighted by Gasteiger charge is 2.84. The number of aliphatic hydroxyl groups excluding tert-OH is 1. The minimum atomic E-state index is -1.52. The fraction of sp³-hybridized carbons (Fsp3) is 0.697. The summed E-state index contributed by atoms with van der Waals surface area (Å²) in [6.45, 7) is 11.0. The Balaban J connectivity index is 1.27. The number of hydrogen-bond acceptors (Lipinski definition) is 9. The first-order chi connectivity index (χ1) is 20.2. The maximum absolute atomic E-state index is 14.2. The minimum Gasteiger partial charge on any atom is -0.458 e. The second-order valence-electron chi connectivity index (χ2n) is 14.4. The molecule has 1 aromatic heterocycles. The van der Waals surface area contributed by atoms with Gasteiger partial charge < -0.3 is 29.0 Å². The van der Waals surface area contributed by atoms with Gasteiger partial charge in [0.05, 0.1) is 23.9 Å². The second-order valence-corrected chi connectivity index (χ2v) is 14.4. The summed E-state index contributed by atoms with van der Waals surface area (Å²) in [4.78, 5) is 43.4.